The quantitative estimate of drug-likeness (QED) is 0.104. The van der Waals surface area contributed by atoms with Crippen molar-refractivity contribution in [3.05, 3.63) is 256 Å². The van der Waals surface area contributed by atoms with Crippen molar-refractivity contribution in [2.75, 3.05) is 60.5 Å². The fraction of sp³-hybridized carbons (Fsp3) is 0.367. The lowest BCUT2D eigenvalue weighted by atomic mass is 9.79. The van der Waals surface area contributed by atoms with E-state index >= 15 is 0 Å². The van der Waals surface area contributed by atoms with Crippen LogP contribution in [0.1, 0.15) is 164 Å². The summed E-state index contributed by atoms with van der Waals surface area (Å²) in [5.41, 5.74) is 12.1. The highest BCUT2D eigenvalue weighted by molar-refractivity contribution is 6.12. The molecule has 3 saturated heterocycles. The standard InChI is InChI=1S/2C30H31N5O2.C30H30N4O2/c1-30(17-25-31-18-33(2)32-25)23-11-3-4-12-24(23)35(29(30)37)20-13-15-34(16-14-20)27-21-9-5-7-19-8-6-10-22(26(19)21)28(27)36;1-30(17-25-31-18-32-33(25)2)23-11-3-4-12-24(23)35(29(30)37)20-13-15-34(16-14-20)27-21-9-5-7-19-8-6-10-22(26(19)21)28(27)36;1-30(16-20-17-31-18-32-20)24-10-2-3-11-25(24)34(29(30)36)21-12-14-33(15-13-21)27-22-8-4-6-19-7-5-9-23(26(19)22)28(27)35/h2*3-12,18,20,27-28,36H,13-17H2,1-2H3;2-11,18,21,27-28,35H,12-17H2,1H3. The Balaban J connectivity index is 0.000000112. The number of aliphatic hydroxyl groups excluding tert-OH is 3. The van der Waals surface area contributed by atoms with E-state index in [-0.39, 0.29) is 54.0 Å². The van der Waals surface area contributed by atoms with Crippen molar-refractivity contribution in [2.24, 2.45) is 24.1 Å². The van der Waals surface area contributed by atoms with Crippen LogP contribution in [-0.4, -0.2) is 153 Å². The Labute approximate surface area is 640 Å². The molecule has 558 valence electrons. The first-order chi connectivity index (χ1) is 53.5. The van der Waals surface area contributed by atoms with E-state index in [1.165, 1.54) is 49.0 Å². The molecule has 20 nitrogen and oxygen atoms in total. The summed E-state index contributed by atoms with van der Waals surface area (Å²) in [7, 11) is 3.73. The van der Waals surface area contributed by atoms with Gasteiger partial charge >= 0.3 is 0 Å². The van der Waals surface area contributed by atoms with Gasteiger partial charge in [0, 0.05) is 114 Å². The van der Waals surface area contributed by atoms with E-state index in [9.17, 15) is 29.7 Å². The highest BCUT2D eigenvalue weighted by Gasteiger charge is 2.55. The molecule has 9 heterocycles. The number of rotatable bonds is 12. The van der Waals surface area contributed by atoms with Crippen LogP contribution in [0.2, 0.25) is 0 Å². The molecule has 0 saturated carbocycles. The number of aliphatic hydroxyl groups is 3. The van der Waals surface area contributed by atoms with Crippen molar-refractivity contribution in [2.45, 2.75) is 149 Å². The molecule has 20 heteroatoms. The van der Waals surface area contributed by atoms with E-state index in [0.717, 1.165) is 140 Å². The number of carbonyl (C=O) groups excluding carboxylic acids is 3. The van der Waals surface area contributed by atoms with Crippen LogP contribution in [0, 0.1) is 0 Å². The van der Waals surface area contributed by atoms with Crippen LogP contribution < -0.4 is 14.7 Å². The summed E-state index contributed by atoms with van der Waals surface area (Å²) < 4.78 is 3.45. The van der Waals surface area contributed by atoms with Crippen molar-refractivity contribution >= 4 is 79.2 Å². The Bertz CT molecular complexity index is 5540. The number of benzene rings is 9. The number of hydrogen-bond acceptors (Lipinski definition) is 15. The number of piperidine rings is 3. The number of nitrogens with zero attached hydrogens (tertiary/aromatic N) is 14. The van der Waals surface area contributed by atoms with Gasteiger partial charge in [0.05, 0.1) is 59.2 Å². The third kappa shape index (κ3) is 11.2. The molecule has 21 rings (SSSR count). The van der Waals surface area contributed by atoms with Crippen LogP contribution in [0.3, 0.4) is 0 Å². The van der Waals surface area contributed by atoms with Crippen LogP contribution in [0.4, 0.5) is 17.1 Å². The number of aliphatic imine (C=N–C) groups is 2. The average molecular weight is 1470 g/mol. The maximum Gasteiger partial charge on any atom is 0.238 e. The third-order valence-corrected chi connectivity index (χ3v) is 26.5. The molecule has 3 fully saturated rings. The van der Waals surface area contributed by atoms with E-state index in [2.05, 4.69) is 194 Å². The van der Waals surface area contributed by atoms with Crippen LogP contribution in [0.25, 0.3) is 32.3 Å². The molecule has 9 atom stereocenters. The summed E-state index contributed by atoms with van der Waals surface area (Å²) in [6, 6.07) is 62.8. The van der Waals surface area contributed by atoms with Crippen molar-refractivity contribution in [3.8, 4) is 0 Å². The second-order valence-electron chi connectivity index (χ2n) is 32.7. The van der Waals surface area contributed by atoms with Gasteiger partial charge in [0.25, 0.3) is 0 Å². The number of aromatic nitrogens is 6. The minimum atomic E-state index is -0.686. The molecule has 0 spiro atoms. The molecular weight excluding hydrogens is 1370 g/mol. The van der Waals surface area contributed by atoms with Crippen LogP contribution >= 0.6 is 0 Å². The van der Waals surface area contributed by atoms with E-state index in [1.54, 1.807) is 28.4 Å². The van der Waals surface area contributed by atoms with Crippen molar-refractivity contribution in [1.29, 1.82) is 0 Å². The van der Waals surface area contributed by atoms with Gasteiger partial charge in [0.2, 0.25) is 17.7 Å². The molecule has 9 aromatic carbocycles. The molecular formula is C90H92N14O6. The van der Waals surface area contributed by atoms with E-state index in [4.69, 9.17) is 0 Å². The topological polar surface area (TPSA) is 217 Å². The lowest BCUT2D eigenvalue weighted by Crippen LogP contribution is -2.50. The van der Waals surface area contributed by atoms with Gasteiger partial charge in [-0.1, -0.05) is 164 Å². The Hall–Kier alpha value is -10.5. The van der Waals surface area contributed by atoms with Gasteiger partial charge in [0.15, 0.2) is 5.82 Å². The van der Waals surface area contributed by atoms with Crippen LogP contribution in [0.15, 0.2) is 205 Å². The molecule has 7 aliphatic heterocycles. The number of aryl methyl sites for hydroxylation is 2. The van der Waals surface area contributed by atoms with E-state index in [1.807, 2.05) is 82.5 Å². The normalized spacial score (nSPS) is 26.5. The maximum atomic E-state index is 14.1. The van der Waals surface area contributed by atoms with E-state index in [0.29, 0.717) is 31.6 Å². The zero-order chi connectivity index (χ0) is 75.1. The molecule has 11 aromatic rings. The fourth-order valence-electron chi connectivity index (χ4n) is 21.1. The first kappa shape index (κ1) is 70.0. The molecule has 0 bridgehead atoms. The van der Waals surface area contributed by atoms with Gasteiger partial charge in [0.1, 0.15) is 24.8 Å². The summed E-state index contributed by atoms with van der Waals surface area (Å²) >= 11 is 0. The van der Waals surface area contributed by atoms with Crippen molar-refractivity contribution in [3.63, 3.8) is 0 Å². The number of para-hydroxylation sites is 3. The minimum absolute atomic E-state index is 0.0285. The van der Waals surface area contributed by atoms with Crippen molar-refractivity contribution in [1.82, 2.24) is 44.2 Å². The average Bonchev–Trinajstić information content (AvgIpc) is 1.60. The summed E-state index contributed by atoms with van der Waals surface area (Å²) in [5, 5.41) is 49.8. The van der Waals surface area contributed by atoms with Crippen molar-refractivity contribution < 1.29 is 29.7 Å². The Kier molecular flexibility index (Phi) is 17.3. The number of anilines is 3. The smallest absolute Gasteiger partial charge is 0.238 e. The molecule has 3 amide bonds. The van der Waals surface area contributed by atoms with Crippen LogP contribution in [-0.2, 0) is 57.6 Å². The third-order valence-electron chi connectivity index (χ3n) is 26.5. The molecule has 10 aliphatic rings. The number of amides is 3. The Morgan fingerprint density at radius 1 is 0.418 bits per heavy atom. The molecule has 110 heavy (non-hydrogen) atoms. The summed E-state index contributed by atoms with van der Waals surface area (Å²) in [4.78, 5) is 73.1. The summed E-state index contributed by atoms with van der Waals surface area (Å²) in [5.74, 6) is 1.96. The predicted molar refractivity (Wildman–Crippen MR) is 427 cm³/mol. The number of carbonyl (C=O) groups is 3. The SMILES string of the molecule is CC1(CC2=NC=NC2)C(=O)N(C2CCN(C3c4cccc5cccc(c45)C3O)CC2)c2ccccc21.Cn1cnc(CC2(C)C(=O)N(C3CCN(C4c5cccc6cccc(c56)C4O)CC3)c3ccccc32)n1.Cn1ncnc1CC1(C)C(=O)N(C2CCN(C3c4cccc5cccc(c45)C3O)CC2)c2ccccc21. The zero-order valence-corrected chi connectivity index (χ0v) is 62.9. The Morgan fingerprint density at radius 2 is 0.773 bits per heavy atom. The monoisotopic (exact) mass is 1460 g/mol. The molecule has 3 N–H and O–H groups in total. The van der Waals surface area contributed by atoms with Gasteiger partial charge in [-0.15, -0.1) is 0 Å². The first-order valence-electron chi connectivity index (χ1n) is 39.3. The van der Waals surface area contributed by atoms with Gasteiger partial charge in [-0.05, 0) is 160 Å². The predicted octanol–water partition coefficient (Wildman–Crippen LogP) is 12.7. The fourth-order valence-corrected chi connectivity index (χ4v) is 21.1. The molecule has 2 aromatic heterocycles. The lowest BCUT2D eigenvalue weighted by Gasteiger charge is -2.41. The number of fused-ring (bicyclic) bond motifs is 3. The van der Waals surface area contributed by atoms with E-state index < -0.39 is 34.6 Å². The number of likely N-dealkylation sites (tertiary alicyclic amines) is 3. The zero-order valence-electron chi connectivity index (χ0n) is 62.9. The molecule has 9 unspecified atom stereocenters. The highest BCUT2D eigenvalue weighted by Crippen LogP contribution is 2.55. The summed E-state index contributed by atoms with van der Waals surface area (Å²) in [6.07, 6.45) is 10.1. The minimum Gasteiger partial charge on any atom is -0.386 e. The Morgan fingerprint density at radius 3 is 1.11 bits per heavy atom. The van der Waals surface area contributed by atoms with Gasteiger partial charge < -0.3 is 30.0 Å². The number of hydrogen-bond donors (Lipinski definition) is 3. The maximum absolute atomic E-state index is 14.1. The van der Waals surface area contributed by atoms with Gasteiger partial charge in [-0.3, -0.25) is 43.4 Å². The molecule has 3 aliphatic carbocycles. The molecule has 0 radical (unpaired) electrons. The second-order valence-corrected chi connectivity index (χ2v) is 32.7. The highest BCUT2D eigenvalue weighted by atomic mass is 16.3. The van der Waals surface area contributed by atoms with Gasteiger partial charge in [-0.2, -0.15) is 10.2 Å². The largest absolute Gasteiger partial charge is 0.386 e. The summed E-state index contributed by atoms with van der Waals surface area (Å²) in [6.45, 7) is 11.8. The first-order valence-corrected chi connectivity index (χ1v) is 39.3. The van der Waals surface area contributed by atoms with Gasteiger partial charge in [-0.25, -0.2) is 15.0 Å². The lowest BCUT2D eigenvalue weighted by molar-refractivity contribution is -0.124. The second kappa shape index (κ2) is 27.2. The van der Waals surface area contributed by atoms with Crippen LogP contribution in [0.5, 0.6) is 0 Å².